The quantitative estimate of drug-likeness (QED) is 0.446. The lowest BCUT2D eigenvalue weighted by Gasteiger charge is -1.98. The van der Waals surface area contributed by atoms with E-state index in [9.17, 15) is 0 Å². The number of hydrogen-bond acceptors (Lipinski definition) is 6. The lowest BCUT2D eigenvalue weighted by molar-refractivity contribution is 0.167. The Bertz CT molecular complexity index is 242. The largest absolute Gasteiger partial charge is 0.416 e. The third-order valence-electron chi connectivity index (χ3n) is 1.20. The molecule has 1 aromatic rings. The molecule has 0 aliphatic carbocycles. The van der Waals surface area contributed by atoms with Crippen LogP contribution < -0.4 is 0 Å². The van der Waals surface area contributed by atoms with Gasteiger partial charge in [0.1, 0.15) is 0 Å². The van der Waals surface area contributed by atoms with E-state index in [0.29, 0.717) is 24.3 Å². The lowest BCUT2D eigenvalue weighted by atomic mass is 10.8. The Morgan fingerprint density at radius 1 is 1.46 bits per heavy atom. The molecule has 0 saturated heterocycles. The predicted octanol–water partition coefficient (Wildman–Crippen LogP) is 1.42. The summed E-state index contributed by atoms with van der Waals surface area (Å²) in [6.07, 6.45) is 0. The van der Waals surface area contributed by atoms with Crippen molar-refractivity contribution < 1.29 is 9.15 Å². The SMILES string of the molecule is Cc1nnc(SCCOCCS)o1. The van der Waals surface area contributed by atoms with E-state index in [0.717, 1.165) is 11.5 Å². The highest BCUT2D eigenvalue weighted by atomic mass is 32.2. The Labute approximate surface area is 86.8 Å². The minimum absolute atomic E-state index is 0.596. The van der Waals surface area contributed by atoms with Crippen LogP contribution in [0.25, 0.3) is 0 Å². The molecule has 74 valence electrons. The summed E-state index contributed by atoms with van der Waals surface area (Å²) >= 11 is 5.52. The van der Waals surface area contributed by atoms with Gasteiger partial charge in [-0.3, -0.25) is 0 Å². The maximum Gasteiger partial charge on any atom is 0.276 e. The number of thiol groups is 1. The molecule has 6 heteroatoms. The van der Waals surface area contributed by atoms with E-state index in [-0.39, 0.29) is 0 Å². The molecule has 1 rings (SSSR count). The topological polar surface area (TPSA) is 48.2 Å². The van der Waals surface area contributed by atoms with Crippen LogP contribution in [0.4, 0.5) is 0 Å². The fourth-order valence-electron chi connectivity index (χ4n) is 0.691. The maximum absolute atomic E-state index is 5.22. The number of hydrogen-bond donors (Lipinski definition) is 1. The van der Waals surface area contributed by atoms with Crippen LogP contribution in [0.2, 0.25) is 0 Å². The molecule has 0 fully saturated rings. The normalized spacial score (nSPS) is 10.6. The minimum Gasteiger partial charge on any atom is -0.416 e. The Hall–Kier alpha value is -0.200. The van der Waals surface area contributed by atoms with Gasteiger partial charge in [-0.25, -0.2) is 0 Å². The number of nitrogens with zero attached hydrogens (tertiary/aromatic N) is 2. The molecule has 0 saturated carbocycles. The van der Waals surface area contributed by atoms with Crippen molar-refractivity contribution in [2.75, 3.05) is 24.7 Å². The molecule has 0 N–H and O–H groups in total. The van der Waals surface area contributed by atoms with Crippen LogP contribution in [0, 0.1) is 6.92 Å². The molecule has 4 nitrogen and oxygen atoms in total. The number of aromatic nitrogens is 2. The summed E-state index contributed by atoms with van der Waals surface area (Å²) in [7, 11) is 0. The maximum atomic E-state index is 5.22. The van der Waals surface area contributed by atoms with Crippen molar-refractivity contribution >= 4 is 24.4 Å². The summed E-state index contributed by atoms with van der Waals surface area (Å²) < 4.78 is 10.4. The van der Waals surface area contributed by atoms with Crippen LogP contribution in [0.1, 0.15) is 5.89 Å². The Morgan fingerprint density at radius 2 is 2.31 bits per heavy atom. The third kappa shape index (κ3) is 4.54. The highest BCUT2D eigenvalue weighted by molar-refractivity contribution is 7.99. The van der Waals surface area contributed by atoms with Crippen molar-refractivity contribution in [3.8, 4) is 0 Å². The van der Waals surface area contributed by atoms with E-state index in [1.165, 1.54) is 11.8 Å². The first-order valence-corrected chi connectivity index (χ1v) is 5.56. The van der Waals surface area contributed by atoms with Crippen molar-refractivity contribution in [1.29, 1.82) is 0 Å². The first-order valence-electron chi connectivity index (χ1n) is 3.94. The van der Waals surface area contributed by atoms with E-state index < -0.39 is 0 Å². The lowest BCUT2D eigenvalue weighted by Crippen LogP contribution is -1.99. The van der Waals surface area contributed by atoms with E-state index in [2.05, 4.69) is 22.8 Å². The molecule has 0 unspecified atom stereocenters. The van der Waals surface area contributed by atoms with Gasteiger partial charge in [-0.15, -0.1) is 10.2 Å². The molecule has 0 aliphatic heterocycles. The molecule has 1 aromatic heterocycles. The van der Waals surface area contributed by atoms with Crippen LogP contribution in [-0.4, -0.2) is 34.9 Å². The van der Waals surface area contributed by atoms with Crippen molar-refractivity contribution in [3.05, 3.63) is 5.89 Å². The highest BCUT2D eigenvalue weighted by Gasteiger charge is 2.01. The fourth-order valence-corrected chi connectivity index (χ4v) is 1.47. The van der Waals surface area contributed by atoms with E-state index in [1.807, 2.05) is 0 Å². The summed E-state index contributed by atoms with van der Waals surface area (Å²) in [5.41, 5.74) is 0. The van der Waals surface area contributed by atoms with Crippen LogP contribution in [0.5, 0.6) is 0 Å². The molecule has 0 bridgehead atoms. The van der Waals surface area contributed by atoms with Crippen molar-refractivity contribution in [2.45, 2.75) is 12.1 Å². The molecule has 1 heterocycles. The molecule has 0 radical (unpaired) electrons. The van der Waals surface area contributed by atoms with Gasteiger partial charge < -0.3 is 9.15 Å². The van der Waals surface area contributed by atoms with Crippen molar-refractivity contribution in [1.82, 2.24) is 10.2 Å². The summed E-state index contributed by atoms with van der Waals surface area (Å²) in [4.78, 5) is 0. The average Bonchev–Trinajstić information content (AvgIpc) is 2.51. The smallest absolute Gasteiger partial charge is 0.276 e. The van der Waals surface area contributed by atoms with Gasteiger partial charge >= 0.3 is 0 Å². The van der Waals surface area contributed by atoms with Gasteiger partial charge in [-0.2, -0.15) is 12.6 Å². The van der Waals surface area contributed by atoms with Gasteiger partial charge in [0.25, 0.3) is 5.22 Å². The monoisotopic (exact) mass is 220 g/mol. The standard InChI is InChI=1S/C7H12N2O2S2/c1-6-8-9-7(11-6)13-5-3-10-2-4-12/h12H,2-5H2,1H3. The molecule has 0 spiro atoms. The molecule has 13 heavy (non-hydrogen) atoms. The van der Waals surface area contributed by atoms with Gasteiger partial charge in [-0.1, -0.05) is 11.8 Å². The summed E-state index contributed by atoms with van der Waals surface area (Å²) in [5.74, 6) is 2.18. The number of aryl methyl sites for hydroxylation is 1. The van der Waals surface area contributed by atoms with E-state index in [1.54, 1.807) is 6.92 Å². The van der Waals surface area contributed by atoms with E-state index in [4.69, 9.17) is 9.15 Å². The number of ether oxygens (including phenoxy) is 1. The zero-order chi connectivity index (χ0) is 9.52. The molecular weight excluding hydrogens is 208 g/mol. The average molecular weight is 220 g/mol. The molecule has 0 aliphatic rings. The Balaban J connectivity index is 2.06. The molecule has 0 amide bonds. The summed E-state index contributed by atoms with van der Waals surface area (Å²) in [6, 6.07) is 0. The van der Waals surface area contributed by atoms with Crippen molar-refractivity contribution in [2.24, 2.45) is 0 Å². The summed E-state index contributed by atoms with van der Waals surface area (Å²) in [6.45, 7) is 3.15. The van der Waals surface area contributed by atoms with Gasteiger partial charge in [0.15, 0.2) is 0 Å². The molecule has 0 atom stereocenters. The minimum atomic E-state index is 0.596. The first kappa shape index (κ1) is 10.9. The van der Waals surface area contributed by atoms with Crippen LogP contribution in [0.3, 0.4) is 0 Å². The van der Waals surface area contributed by atoms with Gasteiger partial charge in [-0.05, 0) is 0 Å². The second-order valence-corrected chi connectivity index (χ2v) is 3.76. The zero-order valence-corrected chi connectivity index (χ0v) is 9.11. The summed E-state index contributed by atoms with van der Waals surface area (Å²) in [5, 5.41) is 8.15. The van der Waals surface area contributed by atoms with Crippen LogP contribution in [0.15, 0.2) is 9.64 Å². The van der Waals surface area contributed by atoms with Crippen LogP contribution in [-0.2, 0) is 4.74 Å². The fraction of sp³-hybridized carbons (Fsp3) is 0.714. The number of rotatable bonds is 6. The number of thioether (sulfide) groups is 1. The second kappa shape index (κ2) is 6.28. The Morgan fingerprint density at radius 3 is 2.92 bits per heavy atom. The van der Waals surface area contributed by atoms with Crippen LogP contribution >= 0.6 is 24.4 Å². The van der Waals surface area contributed by atoms with Gasteiger partial charge in [0, 0.05) is 18.4 Å². The predicted molar refractivity (Wildman–Crippen MR) is 54.4 cm³/mol. The highest BCUT2D eigenvalue weighted by Crippen LogP contribution is 2.14. The molecule has 0 aromatic carbocycles. The second-order valence-electron chi connectivity index (χ2n) is 2.27. The van der Waals surface area contributed by atoms with Gasteiger partial charge in [0.05, 0.1) is 13.2 Å². The van der Waals surface area contributed by atoms with E-state index >= 15 is 0 Å². The Kier molecular flexibility index (Phi) is 5.26. The third-order valence-corrected chi connectivity index (χ3v) is 2.16. The van der Waals surface area contributed by atoms with Gasteiger partial charge in [0.2, 0.25) is 5.89 Å². The first-order chi connectivity index (χ1) is 6.33. The zero-order valence-electron chi connectivity index (χ0n) is 7.39. The molecular formula is C7H12N2O2S2. The van der Waals surface area contributed by atoms with Crippen molar-refractivity contribution in [3.63, 3.8) is 0 Å².